The van der Waals surface area contributed by atoms with Gasteiger partial charge in [0.15, 0.2) is 5.76 Å². The first-order chi connectivity index (χ1) is 8.56. The molecule has 0 aliphatic carbocycles. The third-order valence-electron chi connectivity index (χ3n) is 2.31. The van der Waals surface area contributed by atoms with E-state index in [4.69, 9.17) is 14.2 Å². The molecule has 4 heteroatoms. The van der Waals surface area contributed by atoms with Gasteiger partial charge in [-0.05, 0) is 18.6 Å². The van der Waals surface area contributed by atoms with E-state index < -0.39 is 12.3 Å². The summed E-state index contributed by atoms with van der Waals surface area (Å²) in [6.07, 6.45) is 1.02. The van der Waals surface area contributed by atoms with Gasteiger partial charge in [-0.15, -0.1) is 0 Å². The molecule has 0 spiro atoms. The van der Waals surface area contributed by atoms with Crippen LogP contribution in [-0.2, 0) is 19.0 Å². The van der Waals surface area contributed by atoms with Crippen LogP contribution in [-0.4, -0.2) is 26.5 Å². The van der Waals surface area contributed by atoms with Crippen molar-refractivity contribution in [2.24, 2.45) is 0 Å². The molecule has 0 unspecified atom stereocenters. The first kappa shape index (κ1) is 14.4. The van der Waals surface area contributed by atoms with Crippen LogP contribution >= 0.6 is 0 Å². The van der Waals surface area contributed by atoms with E-state index in [2.05, 4.69) is 0 Å². The largest absolute Gasteiger partial charge is 0.426 e. The van der Waals surface area contributed by atoms with Crippen molar-refractivity contribution in [1.29, 1.82) is 0 Å². The van der Waals surface area contributed by atoms with Crippen LogP contribution in [0.5, 0.6) is 0 Å². The fourth-order valence-corrected chi connectivity index (χ4v) is 1.47. The van der Waals surface area contributed by atoms with Crippen LogP contribution in [0.25, 0.3) is 6.08 Å². The van der Waals surface area contributed by atoms with Gasteiger partial charge in [0.05, 0.1) is 0 Å². The second-order valence-corrected chi connectivity index (χ2v) is 3.85. The Balaban J connectivity index is 3.00. The Morgan fingerprint density at radius 3 is 2.17 bits per heavy atom. The fourth-order valence-electron chi connectivity index (χ4n) is 1.47. The van der Waals surface area contributed by atoms with Gasteiger partial charge >= 0.3 is 5.97 Å². The molecule has 18 heavy (non-hydrogen) atoms. The summed E-state index contributed by atoms with van der Waals surface area (Å²) in [4.78, 5) is 11.1. The Hall–Kier alpha value is -1.65. The van der Waals surface area contributed by atoms with Gasteiger partial charge in [-0.3, -0.25) is 4.79 Å². The smallest absolute Gasteiger partial charge is 0.307 e. The second-order valence-electron chi connectivity index (χ2n) is 3.85. The standard InChI is InChI=1S/C14H18O4/c1-10-5-7-12(8-6-10)9-13(18-11(2)15)14(16-3)17-4/h5-9,14H,1-4H3/b13-9+. The first-order valence-electron chi connectivity index (χ1n) is 5.59. The summed E-state index contributed by atoms with van der Waals surface area (Å²) in [5, 5.41) is 0. The zero-order chi connectivity index (χ0) is 13.5. The number of benzene rings is 1. The van der Waals surface area contributed by atoms with Gasteiger partial charge < -0.3 is 14.2 Å². The van der Waals surface area contributed by atoms with Crippen molar-refractivity contribution < 1.29 is 19.0 Å². The molecule has 0 saturated heterocycles. The molecule has 0 fully saturated rings. The van der Waals surface area contributed by atoms with Gasteiger partial charge in [0.2, 0.25) is 6.29 Å². The number of hydrogen-bond acceptors (Lipinski definition) is 4. The lowest BCUT2D eigenvalue weighted by molar-refractivity contribution is -0.147. The molecule has 0 atom stereocenters. The molecule has 0 bridgehead atoms. The number of ether oxygens (including phenoxy) is 3. The number of aryl methyl sites for hydroxylation is 1. The average molecular weight is 250 g/mol. The summed E-state index contributed by atoms with van der Waals surface area (Å²) in [7, 11) is 2.97. The summed E-state index contributed by atoms with van der Waals surface area (Å²) in [5.41, 5.74) is 2.08. The molecular weight excluding hydrogens is 232 g/mol. The Kier molecular flexibility index (Phi) is 5.55. The van der Waals surface area contributed by atoms with Crippen molar-refractivity contribution in [3.05, 3.63) is 41.2 Å². The van der Waals surface area contributed by atoms with Crippen molar-refractivity contribution in [1.82, 2.24) is 0 Å². The van der Waals surface area contributed by atoms with E-state index >= 15 is 0 Å². The fraction of sp³-hybridized carbons (Fsp3) is 0.357. The molecule has 0 heterocycles. The van der Waals surface area contributed by atoms with E-state index in [-0.39, 0.29) is 0 Å². The third kappa shape index (κ3) is 4.31. The first-order valence-corrected chi connectivity index (χ1v) is 5.59. The zero-order valence-electron chi connectivity index (χ0n) is 11.1. The molecule has 1 aromatic carbocycles. The molecule has 0 N–H and O–H groups in total. The summed E-state index contributed by atoms with van der Waals surface area (Å²) >= 11 is 0. The van der Waals surface area contributed by atoms with Crippen LogP contribution < -0.4 is 0 Å². The minimum atomic E-state index is -0.699. The van der Waals surface area contributed by atoms with Gasteiger partial charge in [0, 0.05) is 21.1 Å². The molecule has 0 radical (unpaired) electrons. The van der Waals surface area contributed by atoms with E-state index in [0.29, 0.717) is 5.76 Å². The van der Waals surface area contributed by atoms with Gasteiger partial charge in [-0.2, -0.15) is 0 Å². The van der Waals surface area contributed by atoms with E-state index in [0.717, 1.165) is 11.1 Å². The second kappa shape index (κ2) is 6.93. The number of hydrogen-bond donors (Lipinski definition) is 0. The highest BCUT2D eigenvalue weighted by molar-refractivity contribution is 5.69. The van der Waals surface area contributed by atoms with Gasteiger partial charge in [0.25, 0.3) is 0 Å². The maximum absolute atomic E-state index is 11.1. The van der Waals surface area contributed by atoms with Gasteiger partial charge in [0.1, 0.15) is 0 Å². The Labute approximate surface area is 107 Å². The summed E-state index contributed by atoms with van der Waals surface area (Å²) in [6, 6.07) is 7.82. The lowest BCUT2D eigenvalue weighted by Gasteiger charge is -2.16. The Morgan fingerprint density at radius 2 is 1.72 bits per heavy atom. The number of esters is 1. The van der Waals surface area contributed by atoms with E-state index in [1.165, 1.54) is 21.1 Å². The lowest BCUT2D eigenvalue weighted by atomic mass is 10.1. The topological polar surface area (TPSA) is 44.8 Å². The Morgan fingerprint density at radius 1 is 1.17 bits per heavy atom. The molecule has 0 aromatic heterocycles. The number of rotatable bonds is 5. The van der Waals surface area contributed by atoms with Gasteiger partial charge in [-0.1, -0.05) is 29.8 Å². The maximum Gasteiger partial charge on any atom is 0.307 e. The predicted molar refractivity (Wildman–Crippen MR) is 68.7 cm³/mol. The molecule has 0 aliphatic rings. The van der Waals surface area contributed by atoms with Crippen LogP contribution in [0.15, 0.2) is 30.0 Å². The van der Waals surface area contributed by atoms with Crippen LogP contribution in [0.1, 0.15) is 18.1 Å². The Bertz CT molecular complexity index is 416. The normalized spacial score (nSPS) is 11.7. The summed E-state index contributed by atoms with van der Waals surface area (Å²) < 4.78 is 15.3. The molecule has 98 valence electrons. The average Bonchev–Trinajstić information content (AvgIpc) is 2.33. The number of methoxy groups -OCH3 is 2. The minimum absolute atomic E-state index is 0.330. The SMILES string of the molecule is COC(OC)/C(=C\c1ccc(C)cc1)OC(C)=O. The van der Waals surface area contributed by atoms with E-state index in [1.807, 2.05) is 31.2 Å². The molecule has 1 aromatic rings. The van der Waals surface area contributed by atoms with Crippen molar-refractivity contribution in [3.63, 3.8) is 0 Å². The molecule has 0 saturated carbocycles. The maximum atomic E-state index is 11.1. The van der Waals surface area contributed by atoms with E-state index in [9.17, 15) is 4.79 Å². The number of carbonyl (C=O) groups is 1. The van der Waals surface area contributed by atoms with Crippen molar-refractivity contribution in [2.45, 2.75) is 20.1 Å². The quantitative estimate of drug-likeness (QED) is 0.457. The van der Waals surface area contributed by atoms with Gasteiger partial charge in [-0.25, -0.2) is 0 Å². The van der Waals surface area contributed by atoms with Crippen LogP contribution in [0.3, 0.4) is 0 Å². The summed E-state index contributed by atoms with van der Waals surface area (Å²) in [6.45, 7) is 3.35. The molecule has 4 nitrogen and oxygen atoms in total. The monoisotopic (exact) mass is 250 g/mol. The van der Waals surface area contributed by atoms with Crippen molar-refractivity contribution >= 4 is 12.0 Å². The van der Waals surface area contributed by atoms with E-state index in [1.54, 1.807) is 6.08 Å². The van der Waals surface area contributed by atoms with Crippen LogP contribution in [0, 0.1) is 6.92 Å². The van der Waals surface area contributed by atoms with Crippen LogP contribution in [0.4, 0.5) is 0 Å². The third-order valence-corrected chi connectivity index (χ3v) is 2.31. The van der Waals surface area contributed by atoms with Crippen molar-refractivity contribution in [3.8, 4) is 0 Å². The highest BCUT2D eigenvalue weighted by Gasteiger charge is 2.16. The highest BCUT2D eigenvalue weighted by atomic mass is 16.7. The minimum Gasteiger partial charge on any atom is -0.426 e. The molecule has 0 amide bonds. The predicted octanol–water partition coefficient (Wildman–Crippen LogP) is 2.52. The van der Waals surface area contributed by atoms with Crippen LogP contribution in [0.2, 0.25) is 0 Å². The zero-order valence-corrected chi connectivity index (χ0v) is 11.1. The number of carbonyl (C=O) groups excluding carboxylic acids is 1. The van der Waals surface area contributed by atoms with Crippen molar-refractivity contribution in [2.75, 3.05) is 14.2 Å². The molecule has 1 rings (SSSR count). The molecular formula is C14H18O4. The lowest BCUT2D eigenvalue weighted by Crippen LogP contribution is -2.19. The summed E-state index contributed by atoms with van der Waals surface area (Å²) in [5.74, 6) is -0.0798. The molecule has 0 aliphatic heterocycles. The highest BCUT2D eigenvalue weighted by Crippen LogP contribution is 2.15.